The average Bonchev–Trinajstić information content (AvgIpc) is 2.88. The summed E-state index contributed by atoms with van der Waals surface area (Å²) in [7, 11) is -0.279. The van der Waals surface area contributed by atoms with Gasteiger partial charge in [0.15, 0.2) is 0 Å². The zero-order chi connectivity index (χ0) is 18.2. The zero-order valence-electron chi connectivity index (χ0n) is 14.2. The first-order chi connectivity index (χ1) is 11.8. The lowest BCUT2D eigenvalue weighted by molar-refractivity contribution is -0.146. The molecule has 6 nitrogen and oxygen atoms in total. The van der Waals surface area contributed by atoms with E-state index in [9.17, 15) is 13.2 Å². The number of rotatable bonds is 4. The molecule has 0 spiro atoms. The van der Waals surface area contributed by atoms with E-state index >= 15 is 0 Å². The first-order valence-corrected chi connectivity index (χ1v) is 10.7. The minimum atomic E-state index is -3.58. The maximum Gasteiger partial charge on any atom is 0.308 e. The summed E-state index contributed by atoms with van der Waals surface area (Å²) in [5.74, 6) is -0.322. The Balaban J connectivity index is 1.74. The molecular formula is C17H21IN2O4S. The molecule has 1 heterocycles. The van der Waals surface area contributed by atoms with Gasteiger partial charge in [0.05, 0.1) is 21.6 Å². The molecule has 1 aliphatic carbocycles. The van der Waals surface area contributed by atoms with Crippen molar-refractivity contribution in [1.82, 2.24) is 9.29 Å². The molecule has 3 rings (SSSR count). The Morgan fingerprint density at radius 3 is 2.56 bits per heavy atom. The second-order valence-electron chi connectivity index (χ2n) is 6.44. The van der Waals surface area contributed by atoms with Gasteiger partial charge in [0, 0.05) is 24.0 Å². The van der Waals surface area contributed by atoms with Gasteiger partial charge in [-0.1, -0.05) is 6.07 Å². The predicted octanol–water partition coefficient (Wildman–Crippen LogP) is 2.79. The fourth-order valence-electron chi connectivity index (χ4n) is 3.34. The van der Waals surface area contributed by atoms with Crippen LogP contribution in [0, 0.1) is 9.62 Å². The smallest absolute Gasteiger partial charge is 0.308 e. The van der Waals surface area contributed by atoms with Crippen molar-refractivity contribution in [3.63, 3.8) is 0 Å². The Kier molecular flexibility index (Phi) is 5.40. The van der Waals surface area contributed by atoms with Gasteiger partial charge < -0.3 is 9.30 Å². The predicted molar refractivity (Wildman–Crippen MR) is 104 cm³/mol. The fourth-order valence-corrected chi connectivity index (χ4v) is 5.26. The van der Waals surface area contributed by atoms with Gasteiger partial charge in [-0.25, -0.2) is 13.1 Å². The van der Waals surface area contributed by atoms with Crippen LogP contribution >= 0.6 is 22.6 Å². The van der Waals surface area contributed by atoms with Gasteiger partial charge >= 0.3 is 5.97 Å². The van der Waals surface area contributed by atoms with Crippen LogP contribution in [0.3, 0.4) is 0 Å². The molecule has 0 radical (unpaired) electrons. The molecule has 2 aromatic rings. The molecule has 1 aromatic heterocycles. The van der Waals surface area contributed by atoms with E-state index < -0.39 is 10.0 Å². The molecule has 136 valence electrons. The molecule has 0 unspecified atom stereocenters. The lowest BCUT2D eigenvalue weighted by Gasteiger charge is -2.27. The van der Waals surface area contributed by atoms with Crippen molar-refractivity contribution in [3.05, 3.63) is 28.0 Å². The first kappa shape index (κ1) is 18.7. The molecule has 0 amide bonds. The summed E-state index contributed by atoms with van der Waals surface area (Å²) in [6, 6.07) is 7.06. The van der Waals surface area contributed by atoms with Crippen LogP contribution in [-0.2, 0) is 26.6 Å². The van der Waals surface area contributed by atoms with Crippen LogP contribution < -0.4 is 4.72 Å². The van der Waals surface area contributed by atoms with E-state index in [4.69, 9.17) is 4.74 Å². The molecule has 1 fully saturated rings. The number of aryl methyl sites for hydroxylation is 1. The van der Waals surface area contributed by atoms with Crippen molar-refractivity contribution in [2.45, 2.75) is 36.6 Å². The van der Waals surface area contributed by atoms with Crippen molar-refractivity contribution < 1.29 is 17.9 Å². The van der Waals surface area contributed by atoms with E-state index in [1.807, 2.05) is 23.7 Å². The number of hydrogen-bond donors (Lipinski definition) is 1. The van der Waals surface area contributed by atoms with Crippen LogP contribution in [0.25, 0.3) is 10.9 Å². The van der Waals surface area contributed by atoms with Crippen LogP contribution in [0.15, 0.2) is 29.2 Å². The summed E-state index contributed by atoms with van der Waals surface area (Å²) in [5.41, 5.74) is 0.890. The standard InChI is InChI=1S/C17H21IN2O4S/c1-20-15-10-14(8-5-12(15)9-16(20)18)25(22,23)19-13-6-3-11(4-7-13)17(21)24-2/h5,8-11,13,19H,3-4,6-7H2,1-2H3. The Bertz CT molecular complexity index is 899. The van der Waals surface area contributed by atoms with Crippen LogP contribution in [0.5, 0.6) is 0 Å². The maximum absolute atomic E-state index is 12.7. The number of nitrogens with one attached hydrogen (secondary N) is 1. The van der Waals surface area contributed by atoms with Crippen LogP contribution in [-0.4, -0.2) is 32.1 Å². The number of ether oxygens (including phenoxy) is 1. The molecular weight excluding hydrogens is 455 g/mol. The number of fused-ring (bicyclic) bond motifs is 1. The van der Waals surface area contributed by atoms with Gasteiger partial charge in [0.1, 0.15) is 0 Å². The van der Waals surface area contributed by atoms with Crippen LogP contribution in [0.1, 0.15) is 25.7 Å². The average molecular weight is 476 g/mol. The lowest BCUT2D eigenvalue weighted by atomic mass is 9.86. The highest BCUT2D eigenvalue weighted by Crippen LogP contribution is 2.27. The molecule has 25 heavy (non-hydrogen) atoms. The van der Waals surface area contributed by atoms with E-state index in [0.29, 0.717) is 25.7 Å². The third-order valence-electron chi connectivity index (χ3n) is 4.85. The minimum absolute atomic E-state index is 0.118. The molecule has 0 saturated heterocycles. The number of methoxy groups -OCH3 is 1. The molecule has 1 aliphatic rings. The fraction of sp³-hybridized carbons (Fsp3) is 0.471. The van der Waals surface area contributed by atoms with E-state index in [1.165, 1.54) is 7.11 Å². The number of sulfonamides is 1. The first-order valence-electron chi connectivity index (χ1n) is 8.17. The van der Waals surface area contributed by atoms with Gasteiger partial charge in [-0.2, -0.15) is 0 Å². The molecule has 0 aliphatic heterocycles. The Hall–Kier alpha value is -1.13. The van der Waals surface area contributed by atoms with Crippen LogP contribution in [0.4, 0.5) is 0 Å². The quantitative estimate of drug-likeness (QED) is 0.544. The summed E-state index contributed by atoms with van der Waals surface area (Å²) in [6.07, 6.45) is 2.58. The molecule has 1 aromatic carbocycles. The Labute approximate surface area is 161 Å². The molecule has 0 bridgehead atoms. The second-order valence-corrected chi connectivity index (χ2v) is 9.26. The van der Waals surface area contributed by atoms with Gasteiger partial charge in [-0.15, -0.1) is 0 Å². The summed E-state index contributed by atoms with van der Waals surface area (Å²) in [4.78, 5) is 11.8. The van der Waals surface area contributed by atoms with E-state index in [1.54, 1.807) is 12.1 Å². The van der Waals surface area contributed by atoms with E-state index in [2.05, 4.69) is 27.3 Å². The number of halogens is 1. The number of esters is 1. The number of hydrogen-bond acceptors (Lipinski definition) is 4. The topological polar surface area (TPSA) is 77.4 Å². The van der Waals surface area contributed by atoms with E-state index in [-0.39, 0.29) is 22.8 Å². The number of nitrogens with zero attached hydrogens (tertiary/aromatic N) is 1. The summed E-state index contributed by atoms with van der Waals surface area (Å²) < 4.78 is 36.0. The zero-order valence-corrected chi connectivity index (χ0v) is 17.1. The number of carbonyl (C=O) groups excluding carboxylic acids is 1. The molecule has 8 heteroatoms. The van der Waals surface area contributed by atoms with Gasteiger partial charge in [-0.05, 0) is 66.5 Å². The highest BCUT2D eigenvalue weighted by atomic mass is 127. The number of carbonyl (C=O) groups is 1. The largest absolute Gasteiger partial charge is 0.469 e. The second kappa shape index (κ2) is 7.24. The summed E-state index contributed by atoms with van der Waals surface area (Å²) >= 11 is 2.22. The molecule has 1 N–H and O–H groups in total. The third-order valence-corrected chi connectivity index (χ3v) is 7.41. The minimum Gasteiger partial charge on any atom is -0.469 e. The van der Waals surface area contributed by atoms with Gasteiger partial charge in [0.2, 0.25) is 10.0 Å². The Morgan fingerprint density at radius 2 is 1.92 bits per heavy atom. The third kappa shape index (κ3) is 3.85. The van der Waals surface area contributed by atoms with E-state index in [0.717, 1.165) is 14.6 Å². The van der Waals surface area contributed by atoms with Crippen molar-refractivity contribution in [3.8, 4) is 0 Å². The highest BCUT2D eigenvalue weighted by Gasteiger charge is 2.29. The van der Waals surface area contributed by atoms with Crippen molar-refractivity contribution in [2.75, 3.05) is 7.11 Å². The Morgan fingerprint density at radius 1 is 1.24 bits per heavy atom. The van der Waals surface area contributed by atoms with Crippen LogP contribution in [0.2, 0.25) is 0 Å². The summed E-state index contributed by atoms with van der Waals surface area (Å²) in [5, 5.41) is 1.02. The lowest BCUT2D eigenvalue weighted by Crippen LogP contribution is -2.38. The van der Waals surface area contributed by atoms with Crippen molar-refractivity contribution in [2.24, 2.45) is 13.0 Å². The summed E-state index contributed by atoms with van der Waals surface area (Å²) in [6.45, 7) is 0. The van der Waals surface area contributed by atoms with Gasteiger partial charge in [-0.3, -0.25) is 4.79 Å². The van der Waals surface area contributed by atoms with Crippen molar-refractivity contribution >= 4 is 49.5 Å². The molecule has 1 saturated carbocycles. The normalized spacial score (nSPS) is 21.4. The number of aromatic nitrogens is 1. The molecule has 0 atom stereocenters. The highest BCUT2D eigenvalue weighted by molar-refractivity contribution is 14.1. The number of benzene rings is 1. The van der Waals surface area contributed by atoms with Crippen molar-refractivity contribution in [1.29, 1.82) is 0 Å². The maximum atomic E-state index is 12.7. The monoisotopic (exact) mass is 476 g/mol. The SMILES string of the molecule is COC(=O)C1CCC(NS(=O)(=O)c2ccc3cc(I)n(C)c3c2)CC1. The van der Waals surface area contributed by atoms with Gasteiger partial charge in [0.25, 0.3) is 0 Å².